The largest absolute Gasteiger partial charge is 0.355 e. The summed E-state index contributed by atoms with van der Waals surface area (Å²) < 4.78 is 14.2. The predicted molar refractivity (Wildman–Crippen MR) is 131 cm³/mol. The molecule has 6 heteroatoms. The van der Waals surface area contributed by atoms with Crippen LogP contribution in [-0.2, 0) is 6.42 Å². The van der Waals surface area contributed by atoms with Crippen LogP contribution in [0.5, 0.6) is 0 Å². The van der Waals surface area contributed by atoms with E-state index in [2.05, 4.69) is 49.8 Å². The van der Waals surface area contributed by atoms with E-state index in [1.807, 2.05) is 18.2 Å². The van der Waals surface area contributed by atoms with Gasteiger partial charge in [-0.15, -0.1) is 11.3 Å². The second kappa shape index (κ2) is 9.76. The Balaban J connectivity index is 1.17. The van der Waals surface area contributed by atoms with E-state index in [1.165, 1.54) is 21.4 Å². The van der Waals surface area contributed by atoms with Gasteiger partial charge in [-0.1, -0.05) is 42.5 Å². The van der Waals surface area contributed by atoms with Gasteiger partial charge in [0.2, 0.25) is 0 Å². The van der Waals surface area contributed by atoms with E-state index in [0.717, 1.165) is 56.7 Å². The van der Waals surface area contributed by atoms with Gasteiger partial charge in [-0.05, 0) is 55.5 Å². The molecule has 0 unspecified atom stereocenters. The minimum absolute atomic E-state index is 0.168. The van der Waals surface area contributed by atoms with E-state index in [1.54, 1.807) is 29.8 Å². The van der Waals surface area contributed by atoms with E-state index in [-0.39, 0.29) is 5.82 Å². The fraction of sp³-hybridized carbons (Fsp3) is 0.308. The minimum Gasteiger partial charge on any atom is -0.355 e. The van der Waals surface area contributed by atoms with Crippen LogP contribution in [0.15, 0.2) is 66.3 Å². The lowest BCUT2D eigenvalue weighted by Gasteiger charge is -2.33. The summed E-state index contributed by atoms with van der Waals surface area (Å²) in [6, 6.07) is 17.8. The number of thiophene rings is 1. The fourth-order valence-corrected chi connectivity index (χ4v) is 5.48. The molecule has 1 N–H and O–H groups in total. The topological polar surface area (TPSA) is 41.0 Å². The molecule has 0 radical (unpaired) electrons. The number of benzene rings is 2. The van der Waals surface area contributed by atoms with Gasteiger partial charge in [-0.25, -0.2) is 14.4 Å². The molecule has 1 fully saturated rings. The molecule has 3 heterocycles. The van der Waals surface area contributed by atoms with Crippen molar-refractivity contribution in [2.75, 3.05) is 24.5 Å². The SMILES string of the molecule is Fc1ccc(CCCNC2CCN(c3ncnc4c(-c5ccccc5)csc34)CC2)cc1. The van der Waals surface area contributed by atoms with Crippen molar-refractivity contribution in [3.05, 3.63) is 77.7 Å². The third kappa shape index (κ3) is 4.66. The number of hydrogen-bond acceptors (Lipinski definition) is 5. The first-order chi connectivity index (χ1) is 15.8. The van der Waals surface area contributed by atoms with Gasteiger partial charge in [-0.2, -0.15) is 0 Å². The molecule has 0 atom stereocenters. The summed E-state index contributed by atoms with van der Waals surface area (Å²) in [5.74, 6) is 0.898. The summed E-state index contributed by atoms with van der Waals surface area (Å²) in [7, 11) is 0. The van der Waals surface area contributed by atoms with E-state index >= 15 is 0 Å². The smallest absolute Gasteiger partial charge is 0.150 e. The Labute approximate surface area is 192 Å². The standard InChI is InChI=1S/C26H27FN4S/c27-21-10-8-19(9-11-21)5-4-14-28-22-12-15-31(16-13-22)26-25-24(29-18-30-26)23(17-32-25)20-6-2-1-3-7-20/h1-3,6-11,17-18,22,28H,4-5,12-16H2. The summed E-state index contributed by atoms with van der Waals surface area (Å²) in [6.45, 7) is 2.99. The summed E-state index contributed by atoms with van der Waals surface area (Å²) in [5, 5.41) is 5.91. The second-order valence-electron chi connectivity index (χ2n) is 8.34. The van der Waals surface area contributed by atoms with Crippen molar-refractivity contribution in [3.63, 3.8) is 0 Å². The molecule has 5 rings (SSSR count). The molecule has 1 saturated heterocycles. The maximum Gasteiger partial charge on any atom is 0.150 e. The molecule has 164 valence electrons. The van der Waals surface area contributed by atoms with Crippen LogP contribution in [0.2, 0.25) is 0 Å². The maximum atomic E-state index is 13.0. The number of piperidine rings is 1. The molecule has 0 bridgehead atoms. The number of hydrogen-bond donors (Lipinski definition) is 1. The lowest BCUT2D eigenvalue weighted by Crippen LogP contribution is -2.43. The number of rotatable bonds is 7. The quantitative estimate of drug-likeness (QED) is 0.370. The Kier molecular flexibility index (Phi) is 6.41. The number of anilines is 1. The average molecular weight is 447 g/mol. The van der Waals surface area contributed by atoms with Crippen LogP contribution in [0.3, 0.4) is 0 Å². The minimum atomic E-state index is -0.168. The summed E-state index contributed by atoms with van der Waals surface area (Å²) in [6.07, 6.45) is 5.97. The van der Waals surface area contributed by atoms with Crippen molar-refractivity contribution in [1.29, 1.82) is 0 Å². The normalized spacial score (nSPS) is 14.8. The average Bonchev–Trinajstić information content (AvgIpc) is 3.28. The van der Waals surface area contributed by atoms with Crippen molar-refractivity contribution in [2.45, 2.75) is 31.7 Å². The third-order valence-electron chi connectivity index (χ3n) is 6.20. The van der Waals surface area contributed by atoms with Gasteiger partial charge >= 0.3 is 0 Å². The first-order valence-corrected chi connectivity index (χ1v) is 12.2. The Morgan fingerprint density at radius 3 is 2.56 bits per heavy atom. The van der Waals surface area contributed by atoms with Crippen molar-refractivity contribution in [3.8, 4) is 11.1 Å². The Morgan fingerprint density at radius 1 is 1.00 bits per heavy atom. The van der Waals surface area contributed by atoms with Gasteiger partial charge in [0, 0.05) is 30.1 Å². The molecule has 2 aromatic carbocycles. The van der Waals surface area contributed by atoms with Gasteiger partial charge in [0.25, 0.3) is 0 Å². The predicted octanol–water partition coefficient (Wildman–Crippen LogP) is 5.69. The molecule has 0 aliphatic carbocycles. The number of fused-ring (bicyclic) bond motifs is 1. The molecule has 2 aromatic heterocycles. The molecule has 4 aromatic rings. The van der Waals surface area contributed by atoms with Crippen molar-refractivity contribution >= 4 is 27.4 Å². The molecule has 4 nitrogen and oxygen atoms in total. The highest BCUT2D eigenvalue weighted by molar-refractivity contribution is 7.18. The van der Waals surface area contributed by atoms with Crippen molar-refractivity contribution < 1.29 is 4.39 Å². The second-order valence-corrected chi connectivity index (χ2v) is 9.22. The van der Waals surface area contributed by atoms with Gasteiger partial charge in [-0.3, -0.25) is 0 Å². The zero-order valence-electron chi connectivity index (χ0n) is 18.0. The zero-order chi connectivity index (χ0) is 21.8. The fourth-order valence-electron chi connectivity index (χ4n) is 4.43. The Morgan fingerprint density at radius 2 is 1.78 bits per heavy atom. The number of nitrogens with zero attached hydrogens (tertiary/aromatic N) is 3. The lowest BCUT2D eigenvalue weighted by atomic mass is 10.0. The van der Waals surface area contributed by atoms with E-state index in [9.17, 15) is 4.39 Å². The number of aromatic nitrogens is 2. The first-order valence-electron chi connectivity index (χ1n) is 11.3. The summed E-state index contributed by atoms with van der Waals surface area (Å²) in [4.78, 5) is 11.7. The molecule has 0 saturated carbocycles. The number of halogens is 1. The number of nitrogens with one attached hydrogen (secondary N) is 1. The van der Waals surface area contributed by atoms with Crippen molar-refractivity contribution in [1.82, 2.24) is 15.3 Å². The summed E-state index contributed by atoms with van der Waals surface area (Å²) in [5.41, 5.74) is 4.63. The van der Waals surface area contributed by atoms with Gasteiger partial charge in [0.15, 0.2) is 0 Å². The van der Waals surface area contributed by atoms with Crippen LogP contribution in [0.1, 0.15) is 24.8 Å². The lowest BCUT2D eigenvalue weighted by molar-refractivity contribution is 0.412. The van der Waals surface area contributed by atoms with Gasteiger partial charge in [0.05, 0.1) is 10.2 Å². The molecule has 0 amide bonds. The monoisotopic (exact) mass is 446 g/mol. The Hall–Kier alpha value is -2.83. The maximum absolute atomic E-state index is 13.0. The molecule has 1 aliphatic rings. The van der Waals surface area contributed by atoms with E-state index in [4.69, 9.17) is 0 Å². The van der Waals surface area contributed by atoms with Crippen LogP contribution in [0, 0.1) is 5.82 Å². The third-order valence-corrected chi connectivity index (χ3v) is 7.17. The van der Waals surface area contributed by atoms with E-state index < -0.39 is 0 Å². The highest BCUT2D eigenvalue weighted by Gasteiger charge is 2.22. The van der Waals surface area contributed by atoms with Crippen LogP contribution < -0.4 is 10.2 Å². The number of aryl methyl sites for hydroxylation is 1. The zero-order valence-corrected chi connectivity index (χ0v) is 18.8. The molecule has 0 spiro atoms. The van der Waals surface area contributed by atoms with Crippen molar-refractivity contribution in [2.24, 2.45) is 0 Å². The van der Waals surface area contributed by atoms with Crippen LogP contribution >= 0.6 is 11.3 Å². The first kappa shape index (κ1) is 21.0. The highest BCUT2D eigenvalue weighted by Crippen LogP contribution is 2.37. The van der Waals surface area contributed by atoms with Gasteiger partial charge in [0.1, 0.15) is 18.0 Å². The molecular weight excluding hydrogens is 419 g/mol. The summed E-state index contributed by atoms with van der Waals surface area (Å²) >= 11 is 1.74. The highest BCUT2D eigenvalue weighted by atomic mass is 32.1. The molecule has 1 aliphatic heterocycles. The molecule has 32 heavy (non-hydrogen) atoms. The van der Waals surface area contributed by atoms with Crippen LogP contribution in [-0.4, -0.2) is 35.6 Å². The van der Waals surface area contributed by atoms with Gasteiger partial charge < -0.3 is 10.2 Å². The molecular formula is C26H27FN4S. The Bertz CT molecular complexity index is 1150. The van der Waals surface area contributed by atoms with Crippen LogP contribution in [0.25, 0.3) is 21.3 Å². The van der Waals surface area contributed by atoms with Crippen LogP contribution in [0.4, 0.5) is 10.2 Å². The van der Waals surface area contributed by atoms with E-state index in [0.29, 0.717) is 6.04 Å².